The maximum atomic E-state index is 13.3. The Morgan fingerprint density at radius 3 is 2.49 bits per heavy atom. The van der Waals surface area contributed by atoms with Crippen molar-refractivity contribution in [3.8, 4) is 11.5 Å². The number of phenols is 2. The van der Waals surface area contributed by atoms with E-state index in [1.54, 1.807) is 29.1 Å². The third-order valence-corrected chi connectivity index (χ3v) is 10.4. The van der Waals surface area contributed by atoms with Gasteiger partial charge in [0.2, 0.25) is 17.9 Å². The average Bonchev–Trinajstić information content (AvgIpc) is 3.49. The van der Waals surface area contributed by atoms with Gasteiger partial charge in [0.25, 0.3) is 11.8 Å². The molecule has 0 aliphatic carbocycles. The zero-order chi connectivity index (χ0) is 35.6. The number of nitrogens with one attached hydrogen (secondary N) is 1. The van der Waals surface area contributed by atoms with Gasteiger partial charge in [0.1, 0.15) is 22.8 Å². The summed E-state index contributed by atoms with van der Waals surface area (Å²) in [5, 5.41) is 45.6. The lowest BCUT2D eigenvalue weighted by Gasteiger charge is -2.49. The summed E-state index contributed by atoms with van der Waals surface area (Å²) in [6, 6.07) is 6.23. The van der Waals surface area contributed by atoms with Gasteiger partial charge in [-0.1, -0.05) is 5.16 Å². The number of nitrogen functional groups attached to an aromatic ring is 1. The van der Waals surface area contributed by atoms with E-state index < -0.39 is 52.2 Å². The number of oxime groups is 1. The molecule has 0 radical (unpaired) electrons. The second-order valence-corrected chi connectivity index (χ2v) is 14.2. The summed E-state index contributed by atoms with van der Waals surface area (Å²) in [4.78, 5) is 74.0. The first-order valence-corrected chi connectivity index (χ1v) is 17.2. The number of anilines is 1. The minimum atomic E-state index is -1.79. The van der Waals surface area contributed by atoms with E-state index in [1.807, 2.05) is 0 Å². The minimum Gasteiger partial charge on any atom is -0.504 e. The number of β-lactam (4-membered cyclic amide) rings is 1. The van der Waals surface area contributed by atoms with Crippen LogP contribution in [0.3, 0.4) is 0 Å². The predicted octanol–water partition coefficient (Wildman–Crippen LogP) is 1.42. The predicted molar refractivity (Wildman–Crippen MR) is 177 cm³/mol. The van der Waals surface area contributed by atoms with Crippen molar-refractivity contribution in [1.29, 1.82) is 0 Å². The maximum absolute atomic E-state index is 13.3. The standard InChI is InChI=1S/C30H28N6O10S3/c1-30(2,28(44)45)46-34-21(17-13-49-29(31)32-17)24(40)33-22-25(41)36-23(27(42)43)15(12-48-26(22)36)11-47-16-5-7-35(8-6-16)10-20(39)14-3-4-18(37)19(38)9-14/h3-9,13,22,26H,10-12H2,1-2H3,(H6-,31,32,33,34,37,38,39,40,42,43,44,45)/p+1/t22-,26-/m1/s1. The molecule has 1 aromatic carbocycles. The van der Waals surface area contributed by atoms with Gasteiger partial charge >= 0.3 is 11.9 Å². The van der Waals surface area contributed by atoms with Gasteiger partial charge in [-0.05, 0) is 37.6 Å². The number of phenolic OH excluding ortho intramolecular Hbond substituents is 2. The third kappa shape index (κ3) is 7.63. The number of Topliss-reactive ketones (excluding diaryl/α,β-unsaturated/α-hetero) is 1. The minimum absolute atomic E-state index is 0.00204. The number of carboxylic acids is 2. The molecule has 0 saturated carbocycles. The number of aliphatic carboxylic acids is 2. The van der Waals surface area contributed by atoms with E-state index in [2.05, 4.69) is 15.5 Å². The molecule has 2 aromatic heterocycles. The number of thiazole rings is 1. The van der Waals surface area contributed by atoms with E-state index in [0.717, 1.165) is 21.1 Å². The van der Waals surface area contributed by atoms with Gasteiger partial charge < -0.3 is 36.3 Å². The number of fused-ring (bicyclic) bond motifs is 1. The molecule has 3 aromatic rings. The van der Waals surface area contributed by atoms with Crippen molar-refractivity contribution in [2.24, 2.45) is 5.16 Å². The van der Waals surface area contributed by atoms with Crippen molar-refractivity contribution in [3.05, 3.63) is 70.6 Å². The van der Waals surface area contributed by atoms with Crippen LogP contribution < -0.4 is 15.6 Å². The molecule has 4 heterocycles. The van der Waals surface area contributed by atoms with Crippen LogP contribution in [-0.4, -0.2) is 94.1 Å². The second kappa shape index (κ2) is 14.1. The van der Waals surface area contributed by atoms with Crippen LogP contribution >= 0.6 is 34.9 Å². The fraction of sp³-hybridized carbons (Fsp3) is 0.267. The first kappa shape index (κ1) is 35.2. The topological polar surface area (TPSA) is 246 Å². The molecule has 1 fully saturated rings. The Morgan fingerprint density at radius 1 is 1.16 bits per heavy atom. The molecule has 256 valence electrons. The van der Waals surface area contributed by atoms with E-state index in [-0.39, 0.29) is 51.7 Å². The molecule has 0 bridgehead atoms. The Hall–Kier alpha value is -5.14. The van der Waals surface area contributed by atoms with Crippen LogP contribution in [0, 0.1) is 0 Å². The van der Waals surface area contributed by atoms with Gasteiger partial charge in [-0.3, -0.25) is 19.3 Å². The van der Waals surface area contributed by atoms with Crippen molar-refractivity contribution in [2.45, 2.75) is 42.3 Å². The Labute approximate surface area is 290 Å². The molecule has 2 aliphatic heterocycles. The normalized spacial score (nSPS) is 17.6. The number of nitrogens with two attached hydrogens (primary N) is 1. The monoisotopic (exact) mass is 729 g/mol. The van der Waals surface area contributed by atoms with Gasteiger partial charge in [0.05, 0.1) is 0 Å². The molecule has 19 heteroatoms. The van der Waals surface area contributed by atoms with E-state index in [0.29, 0.717) is 5.57 Å². The summed E-state index contributed by atoms with van der Waals surface area (Å²) in [6.45, 7) is 2.45. The van der Waals surface area contributed by atoms with E-state index in [4.69, 9.17) is 10.6 Å². The summed E-state index contributed by atoms with van der Waals surface area (Å²) in [7, 11) is 0. The zero-order valence-corrected chi connectivity index (χ0v) is 28.2. The van der Waals surface area contributed by atoms with Crippen LogP contribution in [0.25, 0.3) is 0 Å². The number of amides is 2. The van der Waals surface area contributed by atoms with Gasteiger partial charge in [-0.25, -0.2) is 14.6 Å². The SMILES string of the molecule is CC(C)(O/N=C(\C(=O)N[C@@H]1C(=O)N2C(C(=O)O)=C(CSc3cc[n+](CC(=O)c4ccc(O)c(O)c4)cc3)CS[C@H]12)c1csc(N)n1)C(=O)O. The second-order valence-electron chi connectivity index (χ2n) is 11.2. The van der Waals surface area contributed by atoms with Crippen molar-refractivity contribution >= 4 is 75.2 Å². The van der Waals surface area contributed by atoms with Crippen molar-refractivity contribution < 1.29 is 53.8 Å². The zero-order valence-electron chi connectivity index (χ0n) is 25.7. The lowest BCUT2D eigenvalue weighted by atomic mass is 10.0. The van der Waals surface area contributed by atoms with Gasteiger partial charge in [-0.15, -0.1) is 34.9 Å². The molecule has 0 spiro atoms. The van der Waals surface area contributed by atoms with E-state index >= 15 is 0 Å². The number of carbonyl (C=O) groups is 5. The van der Waals surface area contributed by atoms with Gasteiger partial charge in [0, 0.05) is 39.5 Å². The fourth-order valence-electron chi connectivity index (χ4n) is 4.57. The summed E-state index contributed by atoms with van der Waals surface area (Å²) < 4.78 is 1.63. The first-order chi connectivity index (χ1) is 23.2. The van der Waals surface area contributed by atoms with Crippen molar-refractivity contribution in [3.63, 3.8) is 0 Å². The highest BCUT2D eigenvalue weighted by atomic mass is 32.2. The molecule has 1 saturated heterocycles. The number of aromatic nitrogens is 2. The van der Waals surface area contributed by atoms with Gasteiger partial charge in [0.15, 0.2) is 34.7 Å². The van der Waals surface area contributed by atoms with Crippen LogP contribution in [0.15, 0.2) is 69.4 Å². The summed E-state index contributed by atoms with van der Waals surface area (Å²) in [6.07, 6.45) is 3.35. The number of carbonyl (C=O) groups excluding carboxylic acids is 3. The summed E-state index contributed by atoms with van der Waals surface area (Å²) in [5.41, 5.74) is 4.07. The smallest absolute Gasteiger partial charge is 0.352 e. The number of hydrogen-bond donors (Lipinski definition) is 6. The Kier molecular flexibility index (Phi) is 10.2. The number of carboxylic acid groups (broad SMARTS) is 2. The molecule has 0 unspecified atom stereocenters. The quantitative estimate of drug-likeness (QED) is 0.0277. The highest BCUT2D eigenvalue weighted by Crippen LogP contribution is 2.41. The summed E-state index contributed by atoms with van der Waals surface area (Å²) >= 11 is 3.62. The lowest BCUT2D eigenvalue weighted by Crippen LogP contribution is -2.71. The molecule has 2 atom stereocenters. The Morgan fingerprint density at radius 2 is 1.88 bits per heavy atom. The molecule has 5 rings (SSSR count). The Bertz CT molecular complexity index is 1910. The van der Waals surface area contributed by atoms with Crippen LogP contribution in [0.4, 0.5) is 5.13 Å². The summed E-state index contributed by atoms with van der Waals surface area (Å²) in [5.74, 6) is -4.68. The molecular weight excluding hydrogens is 701 g/mol. The largest absolute Gasteiger partial charge is 0.504 e. The lowest BCUT2D eigenvalue weighted by molar-refractivity contribution is -0.683. The molecule has 2 aliphatic rings. The third-order valence-electron chi connectivity index (χ3n) is 7.29. The number of benzene rings is 1. The molecular formula is C30H29N6O10S3+. The van der Waals surface area contributed by atoms with Crippen molar-refractivity contribution in [2.75, 3.05) is 17.2 Å². The number of ketones is 1. The number of aromatic hydroxyl groups is 2. The molecule has 2 amide bonds. The maximum Gasteiger partial charge on any atom is 0.352 e. The number of nitrogens with zero attached hydrogens (tertiary/aromatic N) is 4. The number of rotatable bonds is 13. The average molecular weight is 730 g/mol. The Balaban J connectivity index is 1.24. The highest BCUT2D eigenvalue weighted by Gasteiger charge is 2.54. The van der Waals surface area contributed by atoms with Crippen molar-refractivity contribution in [1.82, 2.24) is 15.2 Å². The molecule has 49 heavy (non-hydrogen) atoms. The van der Waals surface area contributed by atoms with E-state index in [1.165, 1.54) is 61.0 Å². The molecule has 7 N–H and O–H groups in total. The highest BCUT2D eigenvalue weighted by molar-refractivity contribution is 8.01. The first-order valence-electron chi connectivity index (χ1n) is 14.2. The van der Waals surface area contributed by atoms with Gasteiger partial charge in [-0.2, -0.15) is 4.57 Å². The number of pyridine rings is 1. The molecule has 16 nitrogen and oxygen atoms in total. The van der Waals surface area contributed by atoms with Crippen LogP contribution in [0.5, 0.6) is 11.5 Å². The van der Waals surface area contributed by atoms with E-state index in [9.17, 15) is 44.4 Å². The number of thioether (sulfide) groups is 2. The van der Waals surface area contributed by atoms with Crippen LogP contribution in [0.1, 0.15) is 29.9 Å². The van der Waals surface area contributed by atoms with Crippen LogP contribution in [-0.2, 0) is 30.6 Å². The number of hydrogen-bond acceptors (Lipinski definition) is 14. The fourth-order valence-corrected chi connectivity index (χ4v) is 7.49. The van der Waals surface area contributed by atoms with Crippen LogP contribution in [0.2, 0.25) is 0 Å².